The molecule has 4 aromatic rings. The molecule has 1 aromatic heterocycles. The number of nitrogens with zero attached hydrogens (tertiary/aromatic N) is 2. The van der Waals surface area contributed by atoms with Crippen molar-refractivity contribution in [1.29, 1.82) is 0 Å². The van der Waals surface area contributed by atoms with Crippen LogP contribution in [-0.2, 0) is 6.61 Å². The van der Waals surface area contributed by atoms with Crippen LogP contribution in [0.3, 0.4) is 0 Å². The number of phenolic OH excluding ortho intramolecular Hbond substituents is 1. The van der Waals surface area contributed by atoms with Crippen LogP contribution in [-0.4, -0.2) is 34.4 Å². The molecule has 1 heterocycles. The second-order valence-corrected chi connectivity index (χ2v) is 7.22. The number of benzene rings is 3. The molecule has 0 atom stereocenters. The van der Waals surface area contributed by atoms with Gasteiger partial charge in [-0.15, -0.1) is 0 Å². The van der Waals surface area contributed by atoms with Crippen LogP contribution < -0.4 is 14.8 Å². The number of fused-ring (bicyclic) bond motifs is 2. The number of halogens is 1. The van der Waals surface area contributed by atoms with Crippen molar-refractivity contribution in [2.75, 3.05) is 19.5 Å². The number of anilines is 2. The first-order valence-electron chi connectivity index (χ1n) is 8.74. The molecule has 3 N–H and O–H groups in total. The summed E-state index contributed by atoms with van der Waals surface area (Å²) in [5.41, 5.74) is 2.14. The van der Waals surface area contributed by atoms with Crippen LogP contribution in [0.4, 0.5) is 11.5 Å². The lowest BCUT2D eigenvalue weighted by Gasteiger charge is -2.15. The van der Waals surface area contributed by atoms with Crippen LogP contribution in [0.2, 0.25) is 0 Å². The first kappa shape index (κ1) is 19.2. The van der Waals surface area contributed by atoms with E-state index >= 15 is 0 Å². The third-order valence-corrected chi connectivity index (χ3v) is 5.31. The summed E-state index contributed by atoms with van der Waals surface area (Å²) in [4.78, 5) is 8.70. The van der Waals surface area contributed by atoms with Crippen LogP contribution in [0.5, 0.6) is 17.2 Å². The van der Waals surface area contributed by atoms with E-state index < -0.39 is 0 Å². The number of aliphatic hydroxyl groups is 1. The number of hydrogen-bond acceptors (Lipinski definition) is 7. The Kier molecular flexibility index (Phi) is 5.12. The van der Waals surface area contributed by atoms with Gasteiger partial charge in [0.15, 0.2) is 11.5 Å². The van der Waals surface area contributed by atoms with Gasteiger partial charge in [-0.05, 0) is 35.9 Å². The molecule has 3 aromatic carbocycles. The lowest BCUT2D eigenvalue weighted by atomic mass is 10.0. The van der Waals surface area contributed by atoms with Gasteiger partial charge in [-0.1, -0.05) is 15.9 Å². The molecule has 0 saturated heterocycles. The molecule has 0 amide bonds. The van der Waals surface area contributed by atoms with E-state index in [0.29, 0.717) is 32.7 Å². The molecule has 7 nitrogen and oxygen atoms in total. The van der Waals surface area contributed by atoms with Crippen molar-refractivity contribution in [2.24, 2.45) is 0 Å². The average molecular weight is 456 g/mol. The van der Waals surface area contributed by atoms with E-state index in [-0.39, 0.29) is 12.4 Å². The van der Waals surface area contributed by atoms with Crippen LogP contribution in [0.1, 0.15) is 5.56 Å². The molecule has 0 aliphatic rings. The first-order valence-corrected chi connectivity index (χ1v) is 9.53. The number of aromatic hydroxyl groups is 1. The maximum absolute atomic E-state index is 10.3. The van der Waals surface area contributed by atoms with Crippen molar-refractivity contribution in [2.45, 2.75) is 6.61 Å². The summed E-state index contributed by atoms with van der Waals surface area (Å²) >= 11 is 3.48. The van der Waals surface area contributed by atoms with Gasteiger partial charge in [-0.3, -0.25) is 0 Å². The minimum absolute atomic E-state index is 0.114. The number of phenols is 1. The second kappa shape index (κ2) is 7.73. The normalized spacial score (nSPS) is 11.0. The molecule has 29 heavy (non-hydrogen) atoms. The van der Waals surface area contributed by atoms with Crippen molar-refractivity contribution in [3.05, 3.63) is 52.8 Å². The van der Waals surface area contributed by atoms with Crippen molar-refractivity contribution in [1.82, 2.24) is 9.97 Å². The predicted octanol–water partition coefficient (Wildman–Crippen LogP) is 4.50. The number of aliphatic hydroxyl groups excluding tert-OH is 1. The Hall–Kier alpha value is -3.10. The molecule has 0 unspecified atom stereocenters. The van der Waals surface area contributed by atoms with Crippen LogP contribution >= 0.6 is 15.9 Å². The van der Waals surface area contributed by atoms with E-state index in [9.17, 15) is 10.2 Å². The van der Waals surface area contributed by atoms with Gasteiger partial charge in [-0.2, -0.15) is 0 Å². The van der Waals surface area contributed by atoms with Gasteiger partial charge in [-0.25, -0.2) is 9.97 Å². The number of rotatable bonds is 5. The third-order valence-electron chi connectivity index (χ3n) is 4.68. The number of aromatic nitrogens is 2. The molecular weight excluding hydrogens is 438 g/mol. The van der Waals surface area contributed by atoms with Gasteiger partial charge < -0.3 is 25.0 Å². The lowest BCUT2D eigenvalue weighted by Crippen LogP contribution is -1.99. The molecule has 0 bridgehead atoms. The zero-order chi connectivity index (χ0) is 20.5. The summed E-state index contributed by atoms with van der Waals surface area (Å²) in [6.07, 6.45) is 1.47. The van der Waals surface area contributed by atoms with Crippen molar-refractivity contribution < 1.29 is 19.7 Å². The van der Waals surface area contributed by atoms with E-state index in [4.69, 9.17) is 9.47 Å². The Morgan fingerprint density at radius 1 is 1.00 bits per heavy atom. The first-order chi connectivity index (χ1) is 14.0. The summed E-state index contributed by atoms with van der Waals surface area (Å²) in [6.45, 7) is -0.114. The zero-order valence-corrected chi connectivity index (χ0v) is 17.3. The van der Waals surface area contributed by atoms with Gasteiger partial charge >= 0.3 is 0 Å². The minimum Gasteiger partial charge on any atom is -0.507 e. The Morgan fingerprint density at radius 3 is 2.48 bits per heavy atom. The molecule has 148 valence electrons. The molecule has 0 aliphatic carbocycles. The number of ether oxygens (including phenoxy) is 2. The van der Waals surface area contributed by atoms with Gasteiger partial charge in [0.25, 0.3) is 0 Å². The summed E-state index contributed by atoms with van der Waals surface area (Å²) in [5, 5.41) is 25.4. The second-order valence-electron chi connectivity index (χ2n) is 6.36. The minimum atomic E-state index is -0.114. The summed E-state index contributed by atoms with van der Waals surface area (Å²) < 4.78 is 11.4. The van der Waals surface area contributed by atoms with E-state index in [2.05, 4.69) is 31.2 Å². The summed E-state index contributed by atoms with van der Waals surface area (Å²) in [5.74, 6) is 1.87. The van der Waals surface area contributed by atoms with Crippen LogP contribution in [0.15, 0.2) is 47.2 Å². The molecule has 0 saturated carbocycles. The fraction of sp³-hybridized carbons (Fsp3) is 0.143. The van der Waals surface area contributed by atoms with Crippen LogP contribution in [0, 0.1) is 0 Å². The molecule has 0 fully saturated rings. The van der Waals surface area contributed by atoms with E-state index in [1.807, 2.05) is 12.1 Å². The van der Waals surface area contributed by atoms with E-state index in [1.54, 1.807) is 38.5 Å². The highest BCUT2D eigenvalue weighted by Crippen LogP contribution is 2.39. The van der Waals surface area contributed by atoms with E-state index in [1.165, 1.54) is 6.33 Å². The monoisotopic (exact) mass is 455 g/mol. The zero-order valence-electron chi connectivity index (χ0n) is 15.7. The Morgan fingerprint density at radius 2 is 1.76 bits per heavy atom. The molecule has 8 heteroatoms. The van der Waals surface area contributed by atoms with Crippen molar-refractivity contribution >= 4 is 49.1 Å². The Balaban J connectivity index is 1.90. The topological polar surface area (TPSA) is 96.7 Å². The maximum atomic E-state index is 10.3. The largest absolute Gasteiger partial charge is 0.507 e. The number of hydrogen-bond donors (Lipinski definition) is 3. The van der Waals surface area contributed by atoms with E-state index in [0.717, 1.165) is 22.0 Å². The fourth-order valence-corrected chi connectivity index (χ4v) is 3.99. The average Bonchev–Trinajstić information content (AvgIpc) is 2.74. The highest BCUT2D eigenvalue weighted by molar-refractivity contribution is 9.10. The van der Waals surface area contributed by atoms with Crippen LogP contribution in [0.25, 0.3) is 21.7 Å². The molecule has 0 aliphatic heterocycles. The van der Waals surface area contributed by atoms with Gasteiger partial charge in [0, 0.05) is 32.4 Å². The standard InChI is InChI=1S/C21H18BrN3O4/c1-28-18-7-13-16(8-19(18)29-2)23-10-24-21(13)25-15-3-4-17(27)20-12(15)5-11(9-26)6-14(20)22/h3-8,10,26-27H,9H2,1-2H3,(H,23,24,25). The third kappa shape index (κ3) is 3.41. The van der Waals surface area contributed by atoms with Crippen molar-refractivity contribution in [3.8, 4) is 17.2 Å². The summed E-state index contributed by atoms with van der Waals surface area (Å²) in [6, 6.07) is 10.6. The molecule has 0 spiro atoms. The van der Waals surface area contributed by atoms with Gasteiger partial charge in [0.2, 0.25) is 0 Å². The number of nitrogens with one attached hydrogen (secondary N) is 1. The Labute approximate surface area is 175 Å². The number of methoxy groups -OCH3 is 2. The molecule has 0 radical (unpaired) electrons. The van der Waals surface area contributed by atoms with Gasteiger partial charge in [0.1, 0.15) is 17.9 Å². The lowest BCUT2D eigenvalue weighted by molar-refractivity contribution is 0.282. The van der Waals surface area contributed by atoms with Crippen molar-refractivity contribution in [3.63, 3.8) is 0 Å². The molecule has 4 rings (SSSR count). The quantitative estimate of drug-likeness (QED) is 0.381. The summed E-state index contributed by atoms with van der Waals surface area (Å²) in [7, 11) is 3.14. The SMILES string of the molecule is COc1cc2ncnc(Nc3ccc(O)c4c(Br)cc(CO)cc34)c2cc1OC. The molecular formula is C21H18BrN3O4. The predicted molar refractivity (Wildman–Crippen MR) is 115 cm³/mol. The highest BCUT2D eigenvalue weighted by Gasteiger charge is 2.14. The smallest absolute Gasteiger partial charge is 0.162 e. The maximum Gasteiger partial charge on any atom is 0.162 e. The van der Waals surface area contributed by atoms with Gasteiger partial charge in [0.05, 0.1) is 26.3 Å². The highest BCUT2D eigenvalue weighted by atomic mass is 79.9. The Bertz CT molecular complexity index is 1230. The fourth-order valence-electron chi connectivity index (χ4n) is 3.28.